The summed E-state index contributed by atoms with van der Waals surface area (Å²) in [7, 11) is -0.635. The maximum Gasteiger partial charge on any atom is 0.249 e. The minimum absolute atomic E-state index is 0.0595. The zero-order valence-corrected chi connectivity index (χ0v) is 13.2. The number of aromatic nitrogens is 1. The molecule has 1 saturated heterocycles. The van der Waals surface area contributed by atoms with Crippen LogP contribution in [0.5, 0.6) is 0 Å². The Hall–Kier alpha value is -0.900. The smallest absolute Gasteiger partial charge is 0.249 e. The second kappa shape index (κ2) is 5.84. The summed E-state index contributed by atoms with van der Waals surface area (Å²) in [6.45, 7) is 1.66. The molecule has 0 aliphatic carbocycles. The lowest BCUT2D eigenvalue weighted by molar-refractivity contribution is 0.263. The van der Waals surface area contributed by atoms with Crippen molar-refractivity contribution >= 4 is 32.4 Å². The number of anilines is 2. The Morgan fingerprint density at radius 2 is 2.25 bits per heavy atom. The maximum absolute atomic E-state index is 12.3. The van der Waals surface area contributed by atoms with Gasteiger partial charge in [0.15, 0.2) is 10.7 Å². The Balaban J connectivity index is 2.32. The van der Waals surface area contributed by atoms with Crippen LogP contribution in [0.2, 0.25) is 0 Å². The van der Waals surface area contributed by atoms with E-state index >= 15 is 0 Å². The van der Waals surface area contributed by atoms with Crippen molar-refractivity contribution in [3.05, 3.63) is 0 Å². The number of aliphatic hydroxyl groups is 1. The van der Waals surface area contributed by atoms with Crippen molar-refractivity contribution in [2.24, 2.45) is 5.92 Å². The number of hydrogen-bond acceptors (Lipinski definition) is 7. The van der Waals surface area contributed by atoms with Gasteiger partial charge >= 0.3 is 0 Å². The van der Waals surface area contributed by atoms with E-state index in [9.17, 15) is 8.42 Å². The van der Waals surface area contributed by atoms with Crippen molar-refractivity contribution in [1.29, 1.82) is 0 Å². The molecule has 0 saturated carbocycles. The number of rotatable bonds is 5. The lowest BCUT2D eigenvalue weighted by atomic mass is 10.1. The van der Waals surface area contributed by atoms with Crippen LogP contribution in [0.3, 0.4) is 0 Å². The van der Waals surface area contributed by atoms with Crippen molar-refractivity contribution in [3.63, 3.8) is 0 Å². The Bertz CT molecular complexity index is 570. The van der Waals surface area contributed by atoms with Crippen LogP contribution in [0.25, 0.3) is 0 Å². The molecule has 0 radical (unpaired) electrons. The summed E-state index contributed by atoms with van der Waals surface area (Å²) in [4.78, 5) is 2.11. The molecule has 1 atom stereocenters. The molecule has 1 aliphatic heterocycles. The minimum Gasteiger partial charge on any atom is -0.396 e. The highest BCUT2D eigenvalue weighted by Crippen LogP contribution is 2.38. The molecule has 2 rings (SSSR count). The number of sulfonamides is 1. The molecule has 0 amide bonds. The summed E-state index contributed by atoms with van der Waals surface area (Å²) < 4.78 is 29.8. The molecule has 2 heterocycles. The summed E-state index contributed by atoms with van der Waals surface area (Å²) in [5.74, 6) is 0.447. The second-order valence-electron chi connectivity index (χ2n) is 5.10. The van der Waals surface area contributed by atoms with Gasteiger partial charge in [-0.05, 0) is 30.3 Å². The SMILES string of the molecule is CN(C)S(=O)(=O)c1c(N)nsc1N1CCC(CCO)C1. The van der Waals surface area contributed by atoms with Gasteiger partial charge in [0.05, 0.1) is 0 Å². The second-order valence-corrected chi connectivity index (χ2v) is 7.94. The lowest BCUT2D eigenvalue weighted by Crippen LogP contribution is -2.26. The number of nitrogens with zero attached hydrogens (tertiary/aromatic N) is 3. The fraction of sp³-hybridized carbons (Fsp3) is 0.727. The van der Waals surface area contributed by atoms with Crippen molar-refractivity contribution < 1.29 is 13.5 Å². The van der Waals surface area contributed by atoms with E-state index in [4.69, 9.17) is 10.8 Å². The molecular formula is C11H20N4O3S2. The van der Waals surface area contributed by atoms with Gasteiger partial charge in [0, 0.05) is 33.8 Å². The van der Waals surface area contributed by atoms with E-state index in [0.717, 1.165) is 41.8 Å². The van der Waals surface area contributed by atoms with Gasteiger partial charge in [0.25, 0.3) is 0 Å². The van der Waals surface area contributed by atoms with Crippen molar-refractivity contribution in [1.82, 2.24) is 8.68 Å². The quantitative estimate of drug-likeness (QED) is 0.803. The third-order valence-corrected chi connectivity index (χ3v) is 6.44. The molecule has 1 aromatic heterocycles. The van der Waals surface area contributed by atoms with E-state index in [0.29, 0.717) is 10.9 Å². The van der Waals surface area contributed by atoms with E-state index in [2.05, 4.69) is 4.37 Å². The van der Waals surface area contributed by atoms with Crippen LogP contribution >= 0.6 is 11.5 Å². The Morgan fingerprint density at radius 1 is 1.55 bits per heavy atom. The molecule has 1 fully saturated rings. The van der Waals surface area contributed by atoms with Gasteiger partial charge in [0.2, 0.25) is 10.0 Å². The summed E-state index contributed by atoms with van der Waals surface area (Å²) in [5, 5.41) is 9.60. The van der Waals surface area contributed by atoms with Crippen LogP contribution in [0.15, 0.2) is 4.90 Å². The highest BCUT2D eigenvalue weighted by atomic mass is 32.2. The van der Waals surface area contributed by atoms with Crippen LogP contribution < -0.4 is 10.6 Å². The molecule has 9 heteroatoms. The summed E-state index contributed by atoms with van der Waals surface area (Å²) >= 11 is 1.12. The zero-order valence-electron chi connectivity index (χ0n) is 11.6. The minimum atomic E-state index is -3.60. The largest absolute Gasteiger partial charge is 0.396 e. The molecular weight excluding hydrogens is 300 g/mol. The monoisotopic (exact) mass is 320 g/mol. The van der Waals surface area contributed by atoms with Gasteiger partial charge in [-0.2, -0.15) is 4.37 Å². The Morgan fingerprint density at radius 3 is 2.85 bits per heavy atom. The first-order valence-electron chi connectivity index (χ1n) is 6.41. The van der Waals surface area contributed by atoms with E-state index in [1.165, 1.54) is 14.1 Å². The molecule has 7 nitrogen and oxygen atoms in total. The van der Waals surface area contributed by atoms with Crippen LogP contribution in [-0.2, 0) is 10.0 Å². The van der Waals surface area contributed by atoms with E-state index < -0.39 is 10.0 Å². The van der Waals surface area contributed by atoms with Crippen LogP contribution in [-0.4, -0.2) is 56.0 Å². The zero-order chi connectivity index (χ0) is 14.9. The number of aliphatic hydroxyl groups excluding tert-OH is 1. The molecule has 1 unspecified atom stereocenters. The average Bonchev–Trinajstić information content (AvgIpc) is 2.96. The van der Waals surface area contributed by atoms with Crippen molar-refractivity contribution in [2.75, 3.05) is 44.4 Å². The Kier molecular flexibility index (Phi) is 4.52. The fourth-order valence-electron chi connectivity index (χ4n) is 2.35. The fourth-order valence-corrected chi connectivity index (χ4v) is 4.60. The van der Waals surface area contributed by atoms with Gasteiger partial charge in [-0.25, -0.2) is 12.7 Å². The topological polar surface area (TPSA) is 99.8 Å². The van der Waals surface area contributed by atoms with Gasteiger partial charge < -0.3 is 15.7 Å². The van der Waals surface area contributed by atoms with Gasteiger partial charge in [-0.15, -0.1) is 0 Å². The third-order valence-electron chi connectivity index (χ3n) is 3.51. The molecule has 1 aliphatic rings. The molecule has 0 aromatic carbocycles. The molecule has 0 spiro atoms. The van der Waals surface area contributed by atoms with Crippen LogP contribution in [0.4, 0.5) is 10.8 Å². The van der Waals surface area contributed by atoms with E-state index in [1.807, 2.05) is 4.90 Å². The molecule has 3 N–H and O–H groups in total. The molecule has 114 valence electrons. The molecule has 20 heavy (non-hydrogen) atoms. The first-order chi connectivity index (χ1) is 9.37. The normalized spacial score (nSPS) is 20.0. The van der Waals surface area contributed by atoms with Crippen molar-refractivity contribution in [3.8, 4) is 0 Å². The van der Waals surface area contributed by atoms with Gasteiger partial charge in [0.1, 0.15) is 5.00 Å². The third kappa shape index (κ3) is 2.76. The summed E-state index contributed by atoms with van der Waals surface area (Å²) in [6, 6.07) is 0. The standard InChI is InChI=1S/C11H20N4O3S2/c1-14(2)20(17,18)9-10(12)13-19-11(9)15-5-3-8(7-15)4-6-16/h8,16H,3-7H2,1-2H3,(H2,12,13). The number of nitrogens with two attached hydrogens (primary N) is 1. The Labute approximate surface area is 123 Å². The van der Waals surface area contributed by atoms with Crippen LogP contribution in [0, 0.1) is 5.92 Å². The number of hydrogen-bond donors (Lipinski definition) is 2. The van der Waals surface area contributed by atoms with E-state index in [-0.39, 0.29) is 17.3 Å². The molecule has 1 aromatic rings. The lowest BCUT2D eigenvalue weighted by Gasteiger charge is -2.19. The first kappa shape index (κ1) is 15.5. The van der Waals surface area contributed by atoms with Crippen molar-refractivity contribution in [2.45, 2.75) is 17.7 Å². The molecule has 0 bridgehead atoms. The highest BCUT2D eigenvalue weighted by Gasteiger charge is 2.33. The predicted octanol–water partition coefficient (Wildman–Crippen LogP) is 0.184. The van der Waals surface area contributed by atoms with Crippen LogP contribution in [0.1, 0.15) is 12.8 Å². The summed E-state index contributed by atoms with van der Waals surface area (Å²) in [5.41, 5.74) is 5.75. The van der Waals surface area contributed by atoms with E-state index in [1.54, 1.807) is 0 Å². The predicted molar refractivity (Wildman–Crippen MR) is 79.4 cm³/mol. The number of nitrogen functional groups attached to an aromatic ring is 1. The first-order valence-corrected chi connectivity index (χ1v) is 8.62. The summed E-state index contributed by atoms with van der Waals surface area (Å²) in [6.07, 6.45) is 1.68. The average molecular weight is 320 g/mol. The van der Waals surface area contributed by atoms with Gasteiger partial charge in [-0.3, -0.25) is 0 Å². The maximum atomic E-state index is 12.3. The van der Waals surface area contributed by atoms with Gasteiger partial charge in [-0.1, -0.05) is 0 Å². The highest BCUT2D eigenvalue weighted by molar-refractivity contribution is 7.89.